The SMILES string of the molecule is CCCCCCCCCCC(N)c1c(Cl)cccc1Cl. The molecule has 0 aliphatic heterocycles. The molecule has 1 rings (SSSR count). The summed E-state index contributed by atoms with van der Waals surface area (Å²) in [5.74, 6) is 0. The van der Waals surface area contributed by atoms with Gasteiger partial charge in [0.1, 0.15) is 0 Å². The number of hydrogen-bond donors (Lipinski definition) is 1. The minimum atomic E-state index is -0.0451. The first-order valence-corrected chi connectivity index (χ1v) is 8.62. The Balaban J connectivity index is 2.19. The molecule has 0 saturated heterocycles. The zero-order valence-electron chi connectivity index (χ0n) is 12.5. The lowest BCUT2D eigenvalue weighted by atomic mass is 10.00. The fourth-order valence-corrected chi connectivity index (χ4v) is 3.19. The van der Waals surface area contributed by atoms with Crippen molar-refractivity contribution in [2.24, 2.45) is 5.73 Å². The van der Waals surface area contributed by atoms with E-state index in [0.29, 0.717) is 10.0 Å². The summed E-state index contributed by atoms with van der Waals surface area (Å²) in [6.07, 6.45) is 11.5. The summed E-state index contributed by atoms with van der Waals surface area (Å²) in [6.45, 7) is 2.25. The third-order valence-electron chi connectivity index (χ3n) is 3.74. The average molecular weight is 316 g/mol. The molecular formula is C17H27Cl2N. The molecular weight excluding hydrogens is 289 g/mol. The van der Waals surface area contributed by atoms with E-state index in [1.54, 1.807) is 0 Å². The van der Waals surface area contributed by atoms with Crippen LogP contribution in [-0.4, -0.2) is 0 Å². The van der Waals surface area contributed by atoms with Crippen LogP contribution in [0.4, 0.5) is 0 Å². The molecule has 0 aliphatic rings. The first kappa shape index (κ1) is 17.8. The second kappa shape index (κ2) is 10.5. The van der Waals surface area contributed by atoms with Gasteiger partial charge < -0.3 is 5.73 Å². The molecule has 0 aromatic heterocycles. The Hall–Kier alpha value is -0.240. The van der Waals surface area contributed by atoms with Crippen molar-refractivity contribution in [1.29, 1.82) is 0 Å². The molecule has 0 saturated carbocycles. The zero-order chi connectivity index (χ0) is 14.8. The van der Waals surface area contributed by atoms with Gasteiger partial charge in [0.15, 0.2) is 0 Å². The van der Waals surface area contributed by atoms with Crippen LogP contribution >= 0.6 is 23.2 Å². The fourth-order valence-electron chi connectivity index (χ4n) is 2.51. The van der Waals surface area contributed by atoms with Crippen LogP contribution in [0.15, 0.2) is 18.2 Å². The summed E-state index contributed by atoms with van der Waals surface area (Å²) in [7, 11) is 0. The van der Waals surface area contributed by atoms with Gasteiger partial charge in [0, 0.05) is 21.7 Å². The van der Waals surface area contributed by atoms with Gasteiger partial charge in [0.2, 0.25) is 0 Å². The van der Waals surface area contributed by atoms with Crippen molar-refractivity contribution in [1.82, 2.24) is 0 Å². The molecule has 1 atom stereocenters. The van der Waals surface area contributed by atoms with E-state index in [4.69, 9.17) is 28.9 Å². The van der Waals surface area contributed by atoms with Crippen LogP contribution in [0.3, 0.4) is 0 Å². The highest BCUT2D eigenvalue weighted by molar-refractivity contribution is 6.36. The highest BCUT2D eigenvalue weighted by Gasteiger charge is 2.13. The number of nitrogens with two attached hydrogens (primary N) is 1. The van der Waals surface area contributed by atoms with Crippen molar-refractivity contribution < 1.29 is 0 Å². The standard InChI is InChI=1S/C17H27Cl2N/c1-2-3-4-5-6-7-8-9-13-16(20)17-14(18)11-10-12-15(17)19/h10-12,16H,2-9,13,20H2,1H3. The lowest BCUT2D eigenvalue weighted by Gasteiger charge is -2.15. The van der Waals surface area contributed by atoms with Gasteiger partial charge in [-0.1, -0.05) is 87.6 Å². The third-order valence-corrected chi connectivity index (χ3v) is 4.40. The summed E-state index contributed by atoms with van der Waals surface area (Å²) in [4.78, 5) is 0. The van der Waals surface area contributed by atoms with E-state index in [9.17, 15) is 0 Å². The van der Waals surface area contributed by atoms with Gasteiger partial charge >= 0.3 is 0 Å². The van der Waals surface area contributed by atoms with E-state index >= 15 is 0 Å². The molecule has 114 valence electrons. The molecule has 1 unspecified atom stereocenters. The summed E-state index contributed by atoms with van der Waals surface area (Å²) < 4.78 is 0. The van der Waals surface area contributed by atoms with Crippen LogP contribution in [0.1, 0.15) is 76.3 Å². The molecule has 3 heteroatoms. The second-order valence-corrected chi connectivity index (χ2v) is 6.32. The Morgan fingerprint density at radius 2 is 1.40 bits per heavy atom. The molecule has 0 fully saturated rings. The Kier molecular flexibility index (Phi) is 9.33. The van der Waals surface area contributed by atoms with Gasteiger partial charge in [-0.3, -0.25) is 0 Å². The Morgan fingerprint density at radius 1 is 0.900 bits per heavy atom. The van der Waals surface area contributed by atoms with Gasteiger partial charge in [-0.25, -0.2) is 0 Å². The molecule has 0 amide bonds. The quantitative estimate of drug-likeness (QED) is 0.488. The smallest absolute Gasteiger partial charge is 0.0468 e. The number of rotatable bonds is 10. The van der Waals surface area contributed by atoms with E-state index < -0.39 is 0 Å². The largest absolute Gasteiger partial charge is 0.324 e. The lowest BCUT2D eigenvalue weighted by molar-refractivity contribution is 0.536. The van der Waals surface area contributed by atoms with Gasteiger partial charge in [0.05, 0.1) is 0 Å². The van der Waals surface area contributed by atoms with E-state index in [1.807, 2.05) is 18.2 Å². The molecule has 0 aliphatic carbocycles. The normalized spacial score (nSPS) is 12.6. The molecule has 0 spiro atoms. The molecule has 20 heavy (non-hydrogen) atoms. The summed E-state index contributed by atoms with van der Waals surface area (Å²) >= 11 is 12.3. The molecule has 1 nitrogen and oxygen atoms in total. The minimum Gasteiger partial charge on any atom is -0.324 e. The fraction of sp³-hybridized carbons (Fsp3) is 0.647. The number of hydrogen-bond acceptors (Lipinski definition) is 1. The zero-order valence-corrected chi connectivity index (χ0v) is 14.0. The second-order valence-electron chi connectivity index (χ2n) is 5.51. The molecule has 2 N–H and O–H groups in total. The Bertz CT molecular complexity index is 359. The molecule has 1 aromatic rings. The first-order valence-electron chi connectivity index (χ1n) is 7.86. The van der Waals surface area contributed by atoms with E-state index in [0.717, 1.165) is 18.4 Å². The maximum absolute atomic E-state index is 6.21. The van der Waals surface area contributed by atoms with Crippen LogP contribution in [0.5, 0.6) is 0 Å². The van der Waals surface area contributed by atoms with Crippen LogP contribution < -0.4 is 5.73 Å². The maximum Gasteiger partial charge on any atom is 0.0468 e. The molecule has 0 heterocycles. The van der Waals surface area contributed by atoms with Gasteiger partial charge in [-0.15, -0.1) is 0 Å². The van der Waals surface area contributed by atoms with E-state index in [2.05, 4.69) is 6.92 Å². The highest BCUT2D eigenvalue weighted by Crippen LogP contribution is 2.31. The Labute approximate surface area is 133 Å². The van der Waals surface area contributed by atoms with Gasteiger partial charge in [-0.05, 0) is 18.6 Å². The van der Waals surface area contributed by atoms with Crippen LogP contribution in [-0.2, 0) is 0 Å². The third kappa shape index (κ3) is 6.47. The van der Waals surface area contributed by atoms with Crippen molar-refractivity contribution in [3.8, 4) is 0 Å². The average Bonchev–Trinajstić information content (AvgIpc) is 2.41. The van der Waals surface area contributed by atoms with Crippen LogP contribution in [0, 0.1) is 0 Å². The van der Waals surface area contributed by atoms with Crippen LogP contribution in [0.2, 0.25) is 10.0 Å². The minimum absolute atomic E-state index is 0.0451. The predicted octanol–water partition coefficient (Wildman–Crippen LogP) is 6.52. The van der Waals surface area contributed by atoms with Crippen molar-refractivity contribution in [2.75, 3.05) is 0 Å². The number of benzene rings is 1. The van der Waals surface area contributed by atoms with Crippen molar-refractivity contribution in [2.45, 2.75) is 70.8 Å². The van der Waals surface area contributed by atoms with E-state index in [-0.39, 0.29) is 6.04 Å². The van der Waals surface area contributed by atoms with Crippen molar-refractivity contribution in [3.63, 3.8) is 0 Å². The van der Waals surface area contributed by atoms with Crippen molar-refractivity contribution in [3.05, 3.63) is 33.8 Å². The number of unbranched alkanes of at least 4 members (excludes halogenated alkanes) is 7. The predicted molar refractivity (Wildman–Crippen MR) is 90.6 cm³/mol. The van der Waals surface area contributed by atoms with Crippen molar-refractivity contribution >= 4 is 23.2 Å². The van der Waals surface area contributed by atoms with E-state index in [1.165, 1.54) is 44.9 Å². The summed E-state index contributed by atoms with van der Waals surface area (Å²) in [6, 6.07) is 5.53. The van der Waals surface area contributed by atoms with Gasteiger partial charge in [0.25, 0.3) is 0 Å². The molecule has 1 aromatic carbocycles. The number of halogens is 2. The molecule has 0 radical (unpaired) electrons. The highest BCUT2D eigenvalue weighted by atomic mass is 35.5. The monoisotopic (exact) mass is 315 g/mol. The van der Waals surface area contributed by atoms with Gasteiger partial charge in [-0.2, -0.15) is 0 Å². The first-order chi connectivity index (χ1) is 9.66. The lowest BCUT2D eigenvalue weighted by Crippen LogP contribution is -2.11. The Morgan fingerprint density at radius 3 is 1.95 bits per heavy atom. The summed E-state index contributed by atoms with van der Waals surface area (Å²) in [5, 5.41) is 1.37. The summed E-state index contributed by atoms with van der Waals surface area (Å²) in [5.41, 5.74) is 7.11. The van der Waals surface area contributed by atoms with Crippen LogP contribution in [0.25, 0.3) is 0 Å². The maximum atomic E-state index is 6.21. The topological polar surface area (TPSA) is 26.0 Å². The molecule has 0 bridgehead atoms.